The lowest BCUT2D eigenvalue weighted by Gasteiger charge is -2.02. The zero-order chi connectivity index (χ0) is 12.1. The van der Waals surface area contributed by atoms with Crippen LogP contribution in [0.5, 0.6) is 0 Å². The first-order valence-corrected chi connectivity index (χ1v) is 6.05. The first-order valence-electron chi connectivity index (χ1n) is 6.05. The molecular formula is C16H10N2. The minimum Gasteiger partial charge on any atom is -0.361 e. The van der Waals surface area contributed by atoms with Gasteiger partial charge in [-0.05, 0) is 21.9 Å². The van der Waals surface area contributed by atoms with Crippen LogP contribution in [0.1, 0.15) is 12.0 Å². The van der Waals surface area contributed by atoms with Gasteiger partial charge < -0.3 is 5.53 Å². The lowest BCUT2D eigenvalue weighted by atomic mass is 9.96. The SMILES string of the molecule is [N-]=[N+]=C1CC=c2cccc3c2=C1c1ccccc1-3. The van der Waals surface area contributed by atoms with Gasteiger partial charge in [-0.15, -0.1) is 0 Å². The average molecular weight is 230 g/mol. The second kappa shape index (κ2) is 3.28. The van der Waals surface area contributed by atoms with Crippen molar-refractivity contribution >= 4 is 17.4 Å². The fourth-order valence-corrected chi connectivity index (χ4v) is 3.01. The topological polar surface area (TPSA) is 36.4 Å². The molecule has 2 aromatic carbocycles. The molecular weight excluding hydrogens is 220 g/mol. The molecule has 0 amide bonds. The first kappa shape index (κ1) is 9.58. The molecule has 4 rings (SSSR count). The molecule has 0 saturated heterocycles. The smallest absolute Gasteiger partial charge is 0.304 e. The summed E-state index contributed by atoms with van der Waals surface area (Å²) in [5, 5.41) is 2.46. The minimum atomic E-state index is 0.691. The van der Waals surface area contributed by atoms with E-state index in [2.05, 4.69) is 47.3 Å². The van der Waals surface area contributed by atoms with Crippen LogP contribution in [0, 0.1) is 0 Å². The van der Waals surface area contributed by atoms with Crippen LogP contribution >= 0.6 is 0 Å². The molecule has 0 heterocycles. The van der Waals surface area contributed by atoms with Crippen molar-refractivity contribution < 1.29 is 4.79 Å². The monoisotopic (exact) mass is 230 g/mol. The number of benzene rings is 2. The molecule has 0 atom stereocenters. The largest absolute Gasteiger partial charge is 0.361 e. The molecule has 0 aliphatic heterocycles. The Morgan fingerprint density at radius 2 is 1.67 bits per heavy atom. The molecule has 2 aromatic rings. The fourth-order valence-electron chi connectivity index (χ4n) is 3.01. The van der Waals surface area contributed by atoms with Crippen molar-refractivity contribution in [2.24, 2.45) is 0 Å². The molecule has 0 saturated carbocycles. The molecule has 0 fully saturated rings. The van der Waals surface area contributed by atoms with Crippen molar-refractivity contribution in [2.45, 2.75) is 6.42 Å². The minimum absolute atomic E-state index is 0.691. The van der Waals surface area contributed by atoms with E-state index in [-0.39, 0.29) is 0 Å². The Kier molecular flexibility index (Phi) is 1.75. The summed E-state index contributed by atoms with van der Waals surface area (Å²) in [7, 11) is 0. The summed E-state index contributed by atoms with van der Waals surface area (Å²) in [6, 6.07) is 14.7. The molecule has 84 valence electrons. The zero-order valence-corrected chi connectivity index (χ0v) is 9.72. The highest BCUT2D eigenvalue weighted by Crippen LogP contribution is 2.32. The molecule has 18 heavy (non-hydrogen) atoms. The van der Waals surface area contributed by atoms with Crippen LogP contribution in [0.25, 0.3) is 28.3 Å². The van der Waals surface area contributed by atoms with E-state index in [4.69, 9.17) is 0 Å². The molecule has 0 N–H and O–H groups in total. The molecule has 0 aromatic heterocycles. The highest BCUT2D eigenvalue weighted by molar-refractivity contribution is 6.26. The van der Waals surface area contributed by atoms with E-state index in [0.29, 0.717) is 6.42 Å². The number of rotatable bonds is 0. The third-order valence-corrected chi connectivity index (χ3v) is 3.76. The van der Waals surface area contributed by atoms with Crippen LogP contribution in [-0.4, -0.2) is 10.5 Å². The van der Waals surface area contributed by atoms with Crippen molar-refractivity contribution in [2.75, 3.05) is 0 Å². The predicted molar refractivity (Wildman–Crippen MR) is 71.3 cm³/mol. The molecule has 0 bridgehead atoms. The lowest BCUT2D eigenvalue weighted by molar-refractivity contribution is -0.00421. The summed E-state index contributed by atoms with van der Waals surface area (Å²) in [5.41, 5.74) is 14.7. The number of hydrogen-bond acceptors (Lipinski definition) is 0. The average Bonchev–Trinajstić information content (AvgIpc) is 2.77. The molecule has 0 spiro atoms. The second-order valence-electron chi connectivity index (χ2n) is 4.65. The van der Waals surface area contributed by atoms with Gasteiger partial charge in [-0.3, -0.25) is 0 Å². The van der Waals surface area contributed by atoms with Crippen LogP contribution in [-0.2, 0) is 0 Å². The van der Waals surface area contributed by atoms with Crippen LogP contribution in [0.15, 0.2) is 42.5 Å². The molecule has 2 aliphatic carbocycles. The highest BCUT2D eigenvalue weighted by Gasteiger charge is 2.29. The maximum atomic E-state index is 9.21. The first-order chi connectivity index (χ1) is 8.90. The Labute approximate surface area is 104 Å². The molecule has 2 aliphatic rings. The lowest BCUT2D eigenvalue weighted by Crippen LogP contribution is -2.32. The van der Waals surface area contributed by atoms with Crippen LogP contribution in [0.3, 0.4) is 0 Å². The zero-order valence-electron chi connectivity index (χ0n) is 9.72. The van der Waals surface area contributed by atoms with E-state index in [1.165, 1.54) is 27.1 Å². The van der Waals surface area contributed by atoms with Gasteiger partial charge in [-0.1, -0.05) is 48.5 Å². The van der Waals surface area contributed by atoms with Crippen molar-refractivity contribution in [1.29, 1.82) is 0 Å². The summed E-state index contributed by atoms with van der Waals surface area (Å²) >= 11 is 0. The van der Waals surface area contributed by atoms with Gasteiger partial charge in [0.15, 0.2) is 0 Å². The normalized spacial score (nSPS) is 14.7. The third-order valence-electron chi connectivity index (χ3n) is 3.76. The Morgan fingerprint density at radius 3 is 2.50 bits per heavy atom. The fraction of sp³-hybridized carbons (Fsp3) is 0.0625. The second-order valence-corrected chi connectivity index (χ2v) is 4.65. The Bertz CT molecular complexity index is 853. The van der Waals surface area contributed by atoms with Gasteiger partial charge in [-0.2, -0.15) is 4.79 Å². The number of hydrogen-bond donors (Lipinski definition) is 0. The Morgan fingerprint density at radius 1 is 0.889 bits per heavy atom. The van der Waals surface area contributed by atoms with E-state index in [1.807, 2.05) is 6.07 Å². The van der Waals surface area contributed by atoms with Gasteiger partial charge in [-0.25, -0.2) is 0 Å². The number of nitrogens with zero attached hydrogens (tertiary/aromatic N) is 2. The molecule has 0 unspecified atom stereocenters. The summed E-state index contributed by atoms with van der Waals surface area (Å²) in [6.07, 6.45) is 2.82. The van der Waals surface area contributed by atoms with Crippen molar-refractivity contribution in [3.05, 3.63) is 64.0 Å². The standard InChI is InChI=1S/C16H10N2/c17-18-14-9-8-10-4-3-7-12-11-5-1-2-6-13(11)16(14)15(10)12/h1-8H,9H2. The van der Waals surface area contributed by atoms with Crippen molar-refractivity contribution in [1.82, 2.24) is 0 Å². The molecule has 2 nitrogen and oxygen atoms in total. The van der Waals surface area contributed by atoms with Gasteiger partial charge in [0.25, 0.3) is 0 Å². The Balaban J connectivity index is 2.32. The summed E-state index contributed by atoms with van der Waals surface area (Å²) in [4.78, 5) is 3.48. The van der Waals surface area contributed by atoms with E-state index in [0.717, 1.165) is 11.3 Å². The van der Waals surface area contributed by atoms with Crippen LogP contribution in [0.4, 0.5) is 0 Å². The van der Waals surface area contributed by atoms with Crippen LogP contribution < -0.4 is 10.4 Å². The molecule has 0 radical (unpaired) electrons. The predicted octanol–water partition coefficient (Wildman–Crippen LogP) is 1.72. The maximum Gasteiger partial charge on any atom is 0.304 e. The van der Waals surface area contributed by atoms with Gasteiger partial charge in [0.2, 0.25) is 0 Å². The van der Waals surface area contributed by atoms with E-state index < -0.39 is 0 Å². The van der Waals surface area contributed by atoms with Gasteiger partial charge in [0, 0.05) is 5.22 Å². The Hall–Kier alpha value is -2.44. The highest BCUT2D eigenvalue weighted by atomic mass is 14.9. The van der Waals surface area contributed by atoms with E-state index >= 15 is 0 Å². The van der Waals surface area contributed by atoms with Crippen molar-refractivity contribution in [3.8, 4) is 11.1 Å². The summed E-state index contributed by atoms with van der Waals surface area (Å²) < 4.78 is 0. The van der Waals surface area contributed by atoms with E-state index in [9.17, 15) is 5.53 Å². The summed E-state index contributed by atoms with van der Waals surface area (Å²) in [6.45, 7) is 0. The quantitative estimate of drug-likeness (QED) is 0.488. The van der Waals surface area contributed by atoms with Crippen LogP contribution in [0.2, 0.25) is 0 Å². The van der Waals surface area contributed by atoms with Gasteiger partial charge in [0.1, 0.15) is 0 Å². The number of fused-ring (bicyclic) bond motifs is 3. The third kappa shape index (κ3) is 1.03. The molecule has 2 heteroatoms. The van der Waals surface area contributed by atoms with Crippen molar-refractivity contribution in [3.63, 3.8) is 0 Å². The van der Waals surface area contributed by atoms with Gasteiger partial charge >= 0.3 is 5.71 Å². The van der Waals surface area contributed by atoms with Gasteiger partial charge in [0.05, 0.1) is 12.0 Å². The summed E-state index contributed by atoms with van der Waals surface area (Å²) in [5.74, 6) is 0. The maximum absolute atomic E-state index is 9.21. The van der Waals surface area contributed by atoms with E-state index in [1.54, 1.807) is 0 Å².